The Labute approximate surface area is 388 Å². The van der Waals surface area contributed by atoms with Crippen LogP contribution in [0.5, 0.6) is 11.6 Å². The van der Waals surface area contributed by atoms with Gasteiger partial charge >= 0.3 is 0 Å². The number of anilines is 2. The SMILES string of the molecule is Cc1ncsc1-c1ccc([C@H](C)NC(=O)[C@@H]2C[C@@H](O)CN2C(=O)[C@@H](c2cc(OCC(=O)N3CC[C@@H](N4CCN5c6cc(-c7ccccc7O)nnc6NC[C@@H]5C4)[C@H](C)C3)no2)C(C)C)cc1. The number of phenols is 1. The number of para-hydroxylation sites is 1. The lowest BCUT2D eigenvalue weighted by molar-refractivity contribution is -0.141. The lowest BCUT2D eigenvalue weighted by atomic mass is 9.90. The first-order valence-corrected chi connectivity index (χ1v) is 23.8. The molecule has 7 atom stereocenters. The number of piperidine rings is 1. The van der Waals surface area contributed by atoms with Crippen LogP contribution in [-0.4, -0.2) is 140 Å². The zero-order valence-electron chi connectivity index (χ0n) is 38.0. The predicted molar refractivity (Wildman–Crippen MR) is 249 cm³/mol. The first-order chi connectivity index (χ1) is 31.8. The second-order valence-electron chi connectivity index (χ2n) is 18.5. The van der Waals surface area contributed by atoms with Crippen LogP contribution in [0.4, 0.5) is 11.5 Å². The maximum atomic E-state index is 14.2. The van der Waals surface area contributed by atoms with Crippen LogP contribution >= 0.6 is 11.3 Å². The highest BCUT2D eigenvalue weighted by Gasteiger charge is 2.44. The number of ether oxygens (including phenoxy) is 1. The molecule has 5 aromatic rings. The van der Waals surface area contributed by atoms with Crippen molar-refractivity contribution in [2.24, 2.45) is 11.8 Å². The normalized spacial score (nSPS) is 22.9. The fourth-order valence-electron chi connectivity index (χ4n) is 10.2. The summed E-state index contributed by atoms with van der Waals surface area (Å²) >= 11 is 1.58. The smallest absolute Gasteiger partial charge is 0.260 e. The molecule has 4 aliphatic rings. The molecule has 348 valence electrons. The second-order valence-corrected chi connectivity index (χ2v) is 19.3. The average molecular weight is 919 g/mol. The summed E-state index contributed by atoms with van der Waals surface area (Å²) in [6.07, 6.45) is 0.0929. The van der Waals surface area contributed by atoms with Crippen LogP contribution in [0, 0.1) is 18.8 Å². The fraction of sp³-hybridized carbons (Fsp3) is 0.479. The Kier molecular flexibility index (Phi) is 13.0. The Hall–Kier alpha value is -6.11. The Bertz CT molecular complexity index is 2550. The van der Waals surface area contributed by atoms with Crippen LogP contribution in [0.1, 0.15) is 69.5 Å². The lowest BCUT2D eigenvalue weighted by Crippen LogP contribution is -2.62. The van der Waals surface area contributed by atoms with E-state index >= 15 is 0 Å². The molecule has 0 aliphatic carbocycles. The van der Waals surface area contributed by atoms with Gasteiger partial charge in [-0.1, -0.05) is 57.2 Å². The van der Waals surface area contributed by atoms with Gasteiger partial charge in [-0.2, -0.15) is 0 Å². The van der Waals surface area contributed by atoms with Crippen molar-refractivity contribution in [1.82, 2.24) is 40.4 Å². The number of carbonyl (C=O) groups is 3. The van der Waals surface area contributed by atoms with Crippen molar-refractivity contribution in [2.45, 2.75) is 83.6 Å². The van der Waals surface area contributed by atoms with E-state index in [1.807, 2.05) is 80.6 Å². The maximum absolute atomic E-state index is 14.2. The van der Waals surface area contributed by atoms with Gasteiger partial charge in [-0.05, 0) is 66.6 Å². The quantitative estimate of drug-likeness (QED) is 0.129. The molecule has 0 saturated carbocycles. The minimum atomic E-state index is -0.870. The first-order valence-electron chi connectivity index (χ1n) is 22.9. The third kappa shape index (κ3) is 9.18. The van der Waals surface area contributed by atoms with E-state index in [1.165, 1.54) is 4.90 Å². The van der Waals surface area contributed by atoms with Crippen molar-refractivity contribution >= 4 is 40.6 Å². The summed E-state index contributed by atoms with van der Waals surface area (Å²) in [6.45, 7) is 14.1. The third-order valence-corrected chi connectivity index (χ3v) is 14.7. The monoisotopic (exact) mass is 918 g/mol. The van der Waals surface area contributed by atoms with Gasteiger partial charge in [-0.15, -0.1) is 21.5 Å². The van der Waals surface area contributed by atoms with Gasteiger partial charge in [0.25, 0.3) is 11.8 Å². The number of aliphatic hydroxyl groups excluding tert-OH is 1. The van der Waals surface area contributed by atoms with Gasteiger partial charge in [0.2, 0.25) is 11.8 Å². The number of fused-ring (bicyclic) bond motifs is 3. The number of aliphatic hydroxyl groups is 1. The molecule has 18 heteroatoms. The van der Waals surface area contributed by atoms with E-state index in [2.05, 4.69) is 47.7 Å². The summed E-state index contributed by atoms with van der Waals surface area (Å²) in [5.74, 6) is -0.383. The van der Waals surface area contributed by atoms with E-state index < -0.39 is 18.1 Å². The fourth-order valence-corrected chi connectivity index (χ4v) is 11.0. The zero-order chi connectivity index (χ0) is 46.2. The molecule has 7 heterocycles. The van der Waals surface area contributed by atoms with Crippen molar-refractivity contribution < 1.29 is 33.9 Å². The molecule has 3 amide bonds. The molecule has 0 unspecified atom stereocenters. The Morgan fingerprint density at radius 3 is 2.56 bits per heavy atom. The first kappa shape index (κ1) is 45.1. The minimum absolute atomic E-state index is 0.0133. The number of benzene rings is 2. The van der Waals surface area contributed by atoms with Crippen molar-refractivity contribution in [3.05, 3.63) is 83.2 Å². The topological polar surface area (TPSA) is 203 Å². The maximum Gasteiger partial charge on any atom is 0.260 e. The number of carbonyl (C=O) groups excluding carboxylic acids is 3. The summed E-state index contributed by atoms with van der Waals surface area (Å²) < 4.78 is 11.5. The van der Waals surface area contributed by atoms with Crippen LogP contribution in [-0.2, 0) is 14.4 Å². The van der Waals surface area contributed by atoms with Gasteiger partial charge in [0.15, 0.2) is 18.2 Å². The number of hydrogen-bond donors (Lipinski definition) is 4. The standard InChI is InChI=1S/C48H58N10O7S/c1-27(2)44(48(63)58-24-34(59)18-39(58)47(62)51-29(4)31-10-12-32(13-11-31)45-30(5)50-26-66-45)41-20-42(54-65-41)64-25-43(61)56-15-14-37(28(3)22-56)55-16-17-57-33(23-55)21-49-46-38(57)19-36(52-53-46)35-8-6-7-9-40(35)60/h6-13,19-20,26-29,33-34,37,39,44,59-60H,14-18,21-25H2,1-5H3,(H,49,53)(H,51,62)/t28-,29+,33-,34-,37-,39+,44-/m1/s1. The number of aromatic hydroxyl groups is 1. The molecular weight excluding hydrogens is 861 g/mol. The van der Waals surface area contributed by atoms with Crippen molar-refractivity contribution in [3.8, 4) is 33.3 Å². The number of likely N-dealkylation sites (tertiary alicyclic amines) is 2. The molecule has 0 radical (unpaired) electrons. The number of thiazole rings is 1. The molecule has 3 saturated heterocycles. The Morgan fingerprint density at radius 1 is 1.02 bits per heavy atom. The molecule has 66 heavy (non-hydrogen) atoms. The molecule has 0 bridgehead atoms. The molecule has 4 aliphatic heterocycles. The van der Waals surface area contributed by atoms with E-state index in [1.54, 1.807) is 29.5 Å². The highest BCUT2D eigenvalue weighted by molar-refractivity contribution is 7.13. The van der Waals surface area contributed by atoms with Crippen LogP contribution in [0.25, 0.3) is 21.7 Å². The van der Waals surface area contributed by atoms with Gasteiger partial charge in [-0.3, -0.25) is 19.3 Å². The second kappa shape index (κ2) is 19.0. The third-order valence-electron chi connectivity index (χ3n) is 13.7. The van der Waals surface area contributed by atoms with Crippen LogP contribution < -0.4 is 20.3 Å². The van der Waals surface area contributed by atoms with Crippen molar-refractivity contribution in [3.63, 3.8) is 0 Å². The van der Waals surface area contributed by atoms with Crippen molar-refractivity contribution in [2.75, 3.05) is 62.6 Å². The summed E-state index contributed by atoms with van der Waals surface area (Å²) in [4.78, 5) is 55.2. The number of hydrogen-bond acceptors (Lipinski definition) is 15. The summed E-state index contributed by atoms with van der Waals surface area (Å²) in [5.41, 5.74) is 7.03. The number of piperazine rings is 1. The molecule has 9 rings (SSSR count). The number of β-amino-alcohol motifs (C(OH)–C–C–N with tert-alkyl or cyclic N) is 1. The molecule has 0 spiro atoms. The number of nitrogens with zero attached hydrogens (tertiary/aromatic N) is 8. The van der Waals surface area contributed by atoms with E-state index in [-0.39, 0.29) is 78.6 Å². The average Bonchev–Trinajstić information content (AvgIpc) is 4.07. The minimum Gasteiger partial charge on any atom is -0.507 e. The molecular formula is C48H58N10O7S. The van der Waals surface area contributed by atoms with Crippen LogP contribution in [0.2, 0.25) is 0 Å². The van der Waals surface area contributed by atoms with E-state index in [4.69, 9.17) is 9.26 Å². The molecule has 2 aromatic carbocycles. The van der Waals surface area contributed by atoms with Gasteiger partial charge in [0.1, 0.15) is 17.7 Å². The van der Waals surface area contributed by atoms with E-state index in [0.29, 0.717) is 30.4 Å². The van der Waals surface area contributed by atoms with Gasteiger partial charge in [0, 0.05) is 69.9 Å². The Balaban J connectivity index is 0.768. The highest BCUT2D eigenvalue weighted by atomic mass is 32.1. The number of phenolic OH excluding ortho intramolecular Hbond substituents is 1. The number of nitrogens with one attached hydrogen (secondary N) is 2. The summed E-state index contributed by atoms with van der Waals surface area (Å²) in [6, 6.07) is 18.0. The summed E-state index contributed by atoms with van der Waals surface area (Å²) in [5, 5.41) is 40.6. The van der Waals surface area contributed by atoms with E-state index in [0.717, 1.165) is 65.8 Å². The number of rotatable bonds is 12. The molecule has 17 nitrogen and oxygen atoms in total. The number of aromatic nitrogens is 4. The predicted octanol–water partition coefficient (Wildman–Crippen LogP) is 5.08. The lowest BCUT2D eigenvalue weighted by Gasteiger charge is -2.50. The largest absolute Gasteiger partial charge is 0.507 e. The van der Waals surface area contributed by atoms with Gasteiger partial charge in [0.05, 0.1) is 45.7 Å². The molecule has 3 aromatic heterocycles. The van der Waals surface area contributed by atoms with Crippen LogP contribution in [0.3, 0.4) is 0 Å². The molecule has 3 fully saturated rings. The Morgan fingerprint density at radius 2 is 1.82 bits per heavy atom. The highest BCUT2D eigenvalue weighted by Crippen LogP contribution is 2.38. The summed E-state index contributed by atoms with van der Waals surface area (Å²) in [7, 11) is 0. The van der Waals surface area contributed by atoms with E-state index in [9.17, 15) is 24.6 Å². The van der Waals surface area contributed by atoms with Crippen LogP contribution in [0.15, 0.2) is 70.7 Å². The zero-order valence-corrected chi connectivity index (χ0v) is 38.8. The molecule has 4 N–H and O–H groups in total. The van der Waals surface area contributed by atoms with Gasteiger partial charge < -0.3 is 44.8 Å². The van der Waals surface area contributed by atoms with Crippen molar-refractivity contribution in [1.29, 1.82) is 0 Å². The van der Waals surface area contributed by atoms with Gasteiger partial charge in [-0.25, -0.2) is 4.98 Å². The number of aryl methyl sites for hydroxylation is 1. The number of amides is 3.